The van der Waals surface area contributed by atoms with E-state index in [9.17, 15) is 0 Å². The molecule has 3 rings (SSSR count). The van der Waals surface area contributed by atoms with Crippen molar-refractivity contribution in [1.82, 2.24) is 15.2 Å². The molecule has 1 fully saturated rings. The molecule has 1 saturated heterocycles. The van der Waals surface area contributed by atoms with Gasteiger partial charge in [-0.1, -0.05) is 0 Å². The fourth-order valence-electron chi connectivity index (χ4n) is 3.56. The summed E-state index contributed by atoms with van der Waals surface area (Å²) in [5, 5.41) is 4.64. The first-order chi connectivity index (χ1) is 10.2. The Balaban J connectivity index is 1.65. The van der Waals surface area contributed by atoms with Crippen molar-refractivity contribution in [3.63, 3.8) is 0 Å². The molecule has 2 heterocycles. The van der Waals surface area contributed by atoms with Crippen molar-refractivity contribution < 1.29 is 0 Å². The molecule has 1 aliphatic heterocycles. The third kappa shape index (κ3) is 3.41. The fourth-order valence-corrected chi connectivity index (χ4v) is 4.69. The summed E-state index contributed by atoms with van der Waals surface area (Å²) in [4.78, 5) is 11.3. The number of piperidine rings is 1. The number of fused-ring (bicyclic) bond motifs is 1. The average molecular weight is 308 g/mol. The van der Waals surface area contributed by atoms with Crippen molar-refractivity contribution in [2.75, 3.05) is 45.7 Å². The van der Waals surface area contributed by atoms with E-state index in [-0.39, 0.29) is 0 Å². The molecule has 21 heavy (non-hydrogen) atoms. The number of anilines is 1. The third-order valence-corrected chi connectivity index (χ3v) is 6.23. The van der Waals surface area contributed by atoms with Crippen LogP contribution in [0.25, 0.3) is 0 Å². The standard InChI is InChI=1S/C16H28N4S/c1-17-13-5-4-6-14-15(13)18-16(21-14)20(3)11-12-7-9-19(2)10-8-12/h12-13,17H,4-11H2,1-3H3. The first kappa shape index (κ1) is 15.3. The summed E-state index contributed by atoms with van der Waals surface area (Å²) in [6.45, 7) is 3.65. The Bertz CT molecular complexity index is 465. The largest absolute Gasteiger partial charge is 0.351 e. The zero-order chi connectivity index (χ0) is 14.8. The van der Waals surface area contributed by atoms with E-state index in [0.29, 0.717) is 6.04 Å². The van der Waals surface area contributed by atoms with Crippen molar-refractivity contribution >= 4 is 16.5 Å². The van der Waals surface area contributed by atoms with Crippen LogP contribution in [0.3, 0.4) is 0 Å². The Morgan fingerprint density at radius 3 is 2.81 bits per heavy atom. The highest BCUT2D eigenvalue weighted by molar-refractivity contribution is 7.15. The Hall–Kier alpha value is -0.650. The first-order valence-electron chi connectivity index (χ1n) is 8.24. The van der Waals surface area contributed by atoms with E-state index in [0.717, 1.165) is 12.5 Å². The van der Waals surface area contributed by atoms with Crippen LogP contribution in [-0.2, 0) is 6.42 Å². The summed E-state index contributed by atoms with van der Waals surface area (Å²) >= 11 is 1.92. The van der Waals surface area contributed by atoms with E-state index in [4.69, 9.17) is 4.98 Å². The molecule has 1 unspecified atom stereocenters. The highest BCUT2D eigenvalue weighted by Gasteiger charge is 2.25. The lowest BCUT2D eigenvalue weighted by atomic mass is 9.97. The van der Waals surface area contributed by atoms with Gasteiger partial charge in [-0.15, -0.1) is 11.3 Å². The fraction of sp³-hybridized carbons (Fsp3) is 0.812. The van der Waals surface area contributed by atoms with Crippen LogP contribution < -0.4 is 10.2 Å². The zero-order valence-corrected chi connectivity index (χ0v) is 14.4. The van der Waals surface area contributed by atoms with Gasteiger partial charge in [0.1, 0.15) is 0 Å². The Morgan fingerprint density at radius 1 is 1.33 bits per heavy atom. The summed E-state index contributed by atoms with van der Waals surface area (Å²) in [7, 11) is 6.50. The van der Waals surface area contributed by atoms with E-state index in [1.807, 2.05) is 11.3 Å². The van der Waals surface area contributed by atoms with E-state index in [2.05, 4.69) is 36.3 Å². The molecule has 5 heteroatoms. The number of rotatable bonds is 4. The molecule has 1 aromatic rings. The second kappa shape index (κ2) is 6.63. The highest BCUT2D eigenvalue weighted by atomic mass is 32.1. The van der Waals surface area contributed by atoms with Crippen LogP contribution in [0.15, 0.2) is 0 Å². The van der Waals surface area contributed by atoms with Crippen LogP contribution in [0.1, 0.15) is 42.3 Å². The van der Waals surface area contributed by atoms with Gasteiger partial charge in [0.25, 0.3) is 0 Å². The molecule has 0 aromatic carbocycles. The second-order valence-electron chi connectivity index (χ2n) is 6.67. The lowest BCUT2D eigenvalue weighted by Crippen LogP contribution is -2.35. The lowest BCUT2D eigenvalue weighted by Gasteiger charge is -2.31. The number of hydrogen-bond acceptors (Lipinski definition) is 5. The van der Waals surface area contributed by atoms with Gasteiger partial charge >= 0.3 is 0 Å². The molecule has 1 aromatic heterocycles. The molecule has 2 aliphatic rings. The van der Waals surface area contributed by atoms with Gasteiger partial charge in [-0.05, 0) is 65.2 Å². The quantitative estimate of drug-likeness (QED) is 0.926. The summed E-state index contributed by atoms with van der Waals surface area (Å²) in [6, 6.07) is 0.468. The summed E-state index contributed by atoms with van der Waals surface area (Å²) in [5.41, 5.74) is 1.32. The molecule has 4 nitrogen and oxygen atoms in total. The minimum atomic E-state index is 0.468. The molecule has 118 valence electrons. The van der Waals surface area contributed by atoms with Gasteiger partial charge in [0, 0.05) is 18.5 Å². The predicted octanol–water partition coefficient (Wildman–Crippen LogP) is 2.52. The molecule has 0 bridgehead atoms. The molecule has 1 N–H and O–H groups in total. The van der Waals surface area contributed by atoms with Crippen molar-refractivity contribution in [2.45, 2.75) is 38.1 Å². The molecular formula is C16H28N4S. The molecular weight excluding hydrogens is 280 g/mol. The monoisotopic (exact) mass is 308 g/mol. The van der Waals surface area contributed by atoms with Crippen molar-refractivity contribution in [3.8, 4) is 0 Å². The van der Waals surface area contributed by atoms with E-state index < -0.39 is 0 Å². The second-order valence-corrected chi connectivity index (χ2v) is 7.73. The van der Waals surface area contributed by atoms with Gasteiger partial charge < -0.3 is 15.1 Å². The van der Waals surface area contributed by atoms with Gasteiger partial charge in [0.2, 0.25) is 0 Å². The first-order valence-corrected chi connectivity index (χ1v) is 9.05. The Labute approximate surface area is 132 Å². The minimum absolute atomic E-state index is 0.468. The van der Waals surface area contributed by atoms with Crippen LogP contribution in [-0.4, -0.2) is 50.7 Å². The normalized spacial score (nSPS) is 24.0. The van der Waals surface area contributed by atoms with Crippen molar-refractivity contribution in [2.24, 2.45) is 5.92 Å². The Morgan fingerprint density at radius 2 is 2.10 bits per heavy atom. The number of hydrogen-bond donors (Lipinski definition) is 1. The van der Waals surface area contributed by atoms with Gasteiger partial charge in [-0.2, -0.15) is 0 Å². The third-order valence-electron chi connectivity index (χ3n) is 4.99. The van der Waals surface area contributed by atoms with Crippen LogP contribution in [0, 0.1) is 5.92 Å². The lowest BCUT2D eigenvalue weighted by molar-refractivity contribution is 0.222. The molecule has 0 saturated carbocycles. The topological polar surface area (TPSA) is 31.4 Å². The van der Waals surface area contributed by atoms with Gasteiger partial charge in [0.15, 0.2) is 5.13 Å². The summed E-state index contributed by atoms with van der Waals surface area (Å²) < 4.78 is 0. The van der Waals surface area contributed by atoms with Crippen LogP contribution in [0.5, 0.6) is 0 Å². The number of aromatic nitrogens is 1. The number of aryl methyl sites for hydroxylation is 1. The zero-order valence-electron chi connectivity index (χ0n) is 13.6. The van der Waals surface area contributed by atoms with Gasteiger partial charge in [-0.3, -0.25) is 0 Å². The van der Waals surface area contributed by atoms with Crippen molar-refractivity contribution in [1.29, 1.82) is 0 Å². The maximum Gasteiger partial charge on any atom is 0.185 e. The highest BCUT2D eigenvalue weighted by Crippen LogP contribution is 2.36. The number of thiazole rings is 1. The van der Waals surface area contributed by atoms with Gasteiger partial charge in [-0.25, -0.2) is 4.98 Å². The van der Waals surface area contributed by atoms with Crippen LogP contribution >= 0.6 is 11.3 Å². The van der Waals surface area contributed by atoms with Crippen molar-refractivity contribution in [3.05, 3.63) is 10.6 Å². The maximum atomic E-state index is 4.95. The van der Waals surface area contributed by atoms with Crippen LogP contribution in [0.2, 0.25) is 0 Å². The SMILES string of the molecule is CNC1CCCc2sc(N(C)CC3CCN(C)CC3)nc21. The average Bonchev–Trinajstić information content (AvgIpc) is 2.93. The minimum Gasteiger partial charge on any atom is -0.351 e. The van der Waals surface area contributed by atoms with E-state index >= 15 is 0 Å². The maximum absolute atomic E-state index is 4.95. The number of nitrogens with one attached hydrogen (secondary N) is 1. The smallest absolute Gasteiger partial charge is 0.185 e. The molecule has 1 atom stereocenters. The molecule has 0 spiro atoms. The summed E-state index contributed by atoms with van der Waals surface area (Å²) in [5.74, 6) is 0.826. The summed E-state index contributed by atoms with van der Waals surface area (Å²) in [6.07, 6.45) is 6.38. The Kier molecular flexibility index (Phi) is 4.82. The number of nitrogens with zero attached hydrogens (tertiary/aromatic N) is 3. The molecule has 1 aliphatic carbocycles. The molecule has 0 radical (unpaired) electrons. The van der Waals surface area contributed by atoms with Gasteiger partial charge in [0.05, 0.1) is 11.7 Å². The molecule has 0 amide bonds. The predicted molar refractivity (Wildman–Crippen MR) is 90.3 cm³/mol. The van der Waals surface area contributed by atoms with Crippen LogP contribution in [0.4, 0.5) is 5.13 Å². The van der Waals surface area contributed by atoms with E-state index in [1.165, 1.54) is 60.9 Å². The van der Waals surface area contributed by atoms with E-state index in [1.54, 1.807) is 0 Å². The number of likely N-dealkylation sites (tertiary alicyclic amines) is 1.